The van der Waals surface area contributed by atoms with Crippen LogP contribution in [0.2, 0.25) is 0 Å². The van der Waals surface area contributed by atoms with Crippen LogP contribution in [0, 0.1) is 0 Å². The van der Waals surface area contributed by atoms with Gasteiger partial charge in [-0.15, -0.1) is 0 Å². The summed E-state index contributed by atoms with van der Waals surface area (Å²) in [5, 5.41) is 0. The standard InChI is InChI=1S/C15H28O2/c1-4-7-9-10-12-14(11-6-3)15(16)17-13-8-5-2/h11H,4-10,12-13H2,1-3H3. The minimum Gasteiger partial charge on any atom is -0.462 e. The van der Waals surface area contributed by atoms with Crippen molar-refractivity contribution in [1.29, 1.82) is 0 Å². The third-order valence-electron chi connectivity index (χ3n) is 2.74. The fraction of sp³-hybridized carbons (Fsp3) is 0.800. The highest BCUT2D eigenvalue weighted by Gasteiger charge is 2.09. The Bertz CT molecular complexity index is 219. The molecule has 0 aromatic carbocycles. The molecule has 0 atom stereocenters. The molecule has 0 N–H and O–H groups in total. The summed E-state index contributed by atoms with van der Waals surface area (Å²) >= 11 is 0. The molecule has 0 saturated carbocycles. The molecule has 0 aliphatic carbocycles. The van der Waals surface area contributed by atoms with Crippen LogP contribution >= 0.6 is 0 Å². The number of unbranched alkanes of at least 4 members (excludes halogenated alkanes) is 4. The van der Waals surface area contributed by atoms with Crippen molar-refractivity contribution in [2.75, 3.05) is 6.61 Å². The van der Waals surface area contributed by atoms with Gasteiger partial charge in [-0.1, -0.05) is 52.5 Å². The maximum absolute atomic E-state index is 11.8. The monoisotopic (exact) mass is 240 g/mol. The molecule has 0 spiro atoms. The Kier molecular flexibility index (Phi) is 11.1. The summed E-state index contributed by atoms with van der Waals surface area (Å²) in [6.07, 6.45) is 10.6. The summed E-state index contributed by atoms with van der Waals surface area (Å²) in [4.78, 5) is 11.8. The molecule has 0 amide bonds. The van der Waals surface area contributed by atoms with Crippen molar-refractivity contribution in [3.05, 3.63) is 11.6 Å². The predicted octanol–water partition coefficient (Wildman–Crippen LogP) is 4.64. The number of rotatable bonds is 10. The summed E-state index contributed by atoms with van der Waals surface area (Å²) in [6.45, 7) is 6.92. The van der Waals surface area contributed by atoms with Gasteiger partial charge in [-0.2, -0.15) is 0 Å². The molecule has 2 nitrogen and oxygen atoms in total. The van der Waals surface area contributed by atoms with E-state index in [0.717, 1.165) is 37.7 Å². The Balaban J connectivity index is 3.95. The van der Waals surface area contributed by atoms with E-state index in [2.05, 4.69) is 20.8 Å². The largest absolute Gasteiger partial charge is 0.462 e. The molecule has 100 valence electrons. The molecule has 0 aromatic heterocycles. The molecule has 0 rings (SSSR count). The number of allylic oxidation sites excluding steroid dienone is 1. The van der Waals surface area contributed by atoms with Crippen LogP contribution in [-0.4, -0.2) is 12.6 Å². The zero-order chi connectivity index (χ0) is 12.9. The molecule has 0 aliphatic rings. The van der Waals surface area contributed by atoms with E-state index in [1.165, 1.54) is 19.3 Å². The van der Waals surface area contributed by atoms with Gasteiger partial charge in [0.25, 0.3) is 0 Å². The van der Waals surface area contributed by atoms with Crippen LogP contribution in [-0.2, 0) is 9.53 Å². The summed E-state index contributed by atoms with van der Waals surface area (Å²) in [5.41, 5.74) is 0.875. The molecule has 0 bridgehead atoms. The molecule has 0 heterocycles. The van der Waals surface area contributed by atoms with E-state index in [4.69, 9.17) is 4.74 Å². The van der Waals surface area contributed by atoms with Crippen LogP contribution < -0.4 is 0 Å². The quantitative estimate of drug-likeness (QED) is 0.316. The van der Waals surface area contributed by atoms with E-state index in [-0.39, 0.29) is 5.97 Å². The first-order valence-electron chi connectivity index (χ1n) is 7.12. The van der Waals surface area contributed by atoms with Gasteiger partial charge in [0.2, 0.25) is 0 Å². The number of carbonyl (C=O) groups is 1. The Morgan fingerprint density at radius 3 is 2.29 bits per heavy atom. The first-order chi connectivity index (χ1) is 8.26. The smallest absolute Gasteiger partial charge is 0.333 e. The maximum Gasteiger partial charge on any atom is 0.333 e. The summed E-state index contributed by atoms with van der Waals surface area (Å²) in [5.74, 6) is -0.100. The van der Waals surface area contributed by atoms with Crippen LogP contribution in [0.15, 0.2) is 11.6 Å². The number of ether oxygens (including phenoxy) is 1. The molecule has 0 saturated heterocycles. The number of esters is 1. The van der Waals surface area contributed by atoms with Gasteiger partial charge in [0.05, 0.1) is 6.61 Å². The fourth-order valence-corrected chi connectivity index (χ4v) is 1.68. The first kappa shape index (κ1) is 16.2. The second-order valence-corrected chi connectivity index (χ2v) is 4.44. The van der Waals surface area contributed by atoms with Gasteiger partial charge < -0.3 is 4.74 Å². The number of hydrogen-bond donors (Lipinski definition) is 0. The summed E-state index contributed by atoms with van der Waals surface area (Å²) in [6, 6.07) is 0. The normalized spacial score (nSPS) is 11.6. The maximum atomic E-state index is 11.8. The van der Waals surface area contributed by atoms with Crippen LogP contribution in [0.5, 0.6) is 0 Å². The Morgan fingerprint density at radius 1 is 1.00 bits per heavy atom. The Labute approximate surface area is 106 Å². The highest BCUT2D eigenvalue weighted by molar-refractivity contribution is 5.88. The average Bonchev–Trinajstić information content (AvgIpc) is 2.33. The van der Waals surface area contributed by atoms with Gasteiger partial charge >= 0.3 is 5.97 Å². The lowest BCUT2D eigenvalue weighted by atomic mass is 10.1. The molecule has 2 heteroatoms. The van der Waals surface area contributed by atoms with Gasteiger partial charge in [0.15, 0.2) is 0 Å². The molecule has 17 heavy (non-hydrogen) atoms. The van der Waals surface area contributed by atoms with Crippen molar-refractivity contribution in [3.63, 3.8) is 0 Å². The van der Waals surface area contributed by atoms with Crippen LogP contribution in [0.1, 0.15) is 72.1 Å². The van der Waals surface area contributed by atoms with Crippen molar-refractivity contribution in [1.82, 2.24) is 0 Å². The van der Waals surface area contributed by atoms with Gasteiger partial charge in [0.1, 0.15) is 0 Å². The molecular weight excluding hydrogens is 212 g/mol. The topological polar surface area (TPSA) is 26.3 Å². The highest BCUT2D eigenvalue weighted by Crippen LogP contribution is 2.13. The molecule has 0 fully saturated rings. The number of hydrogen-bond acceptors (Lipinski definition) is 2. The Morgan fingerprint density at radius 2 is 1.71 bits per heavy atom. The Hall–Kier alpha value is -0.790. The summed E-state index contributed by atoms with van der Waals surface area (Å²) in [7, 11) is 0. The highest BCUT2D eigenvalue weighted by atomic mass is 16.5. The third kappa shape index (κ3) is 8.96. The second kappa shape index (κ2) is 11.7. The molecular formula is C15H28O2. The van der Waals surface area contributed by atoms with E-state index in [9.17, 15) is 4.79 Å². The zero-order valence-electron chi connectivity index (χ0n) is 11.8. The number of carbonyl (C=O) groups excluding carboxylic acids is 1. The third-order valence-corrected chi connectivity index (χ3v) is 2.74. The van der Waals surface area contributed by atoms with Gasteiger partial charge in [-0.3, -0.25) is 0 Å². The molecule has 0 unspecified atom stereocenters. The first-order valence-corrected chi connectivity index (χ1v) is 7.12. The van der Waals surface area contributed by atoms with Gasteiger partial charge in [-0.25, -0.2) is 4.79 Å². The molecule has 0 aromatic rings. The van der Waals surface area contributed by atoms with Crippen molar-refractivity contribution in [2.45, 2.75) is 72.1 Å². The van der Waals surface area contributed by atoms with Crippen LogP contribution in [0.4, 0.5) is 0 Å². The van der Waals surface area contributed by atoms with Crippen LogP contribution in [0.3, 0.4) is 0 Å². The van der Waals surface area contributed by atoms with E-state index in [1.54, 1.807) is 0 Å². The van der Waals surface area contributed by atoms with E-state index in [0.29, 0.717) is 6.61 Å². The van der Waals surface area contributed by atoms with Gasteiger partial charge in [0, 0.05) is 5.57 Å². The van der Waals surface area contributed by atoms with E-state index in [1.807, 2.05) is 6.08 Å². The molecule has 0 aliphatic heterocycles. The predicted molar refractivity (Wildman–Crippen MR) is 73.0 cm³/mol. The van der Waals surface area contributed by atoms with Crippen molar-refractivity contribution in [2.24, 2.45) is 0 Å². The van der Waals surface area contributed by atoms with Crippen molar-refractivity contribution in [3.8, 4) is 0 Å². The lowest BCUT2D eigenvalue weighted by molar-refractivity contribution is -0.139. The van der Waals surface area contributed by atoms with Gasteiger partial charge in [-0.05, 0) is 25.7 Å². The van der Waals surface area contributed by atoms with E-state index >= 15 is 0 Å². The average molecular weight is 240 g/mol. The molecule has 0 radical (unpaired) electrons. The lowest BCUT2D eigenvalue weighted by Gasteiger charge is -2.08. The van der Waals surface area contributed by atoms with Crippen LogP contribution in [0.25, 0.3) is 0 Å². The minimum atomic E-state index is -0.100. The van der Waals surface area contributed by atoms with E-state index < -0.39 is 0 Å². The lowest BCUT2D eigenvalue weighted by Crippen LogP contribution is -2.09. The van der Waals surface area contributed by atoms with Crippen molar-refractivity contribution < 1.29 is 9.53 Å². The zero-order valence-corrected chi connectivity index (χ0v) is 11.8. The fourth-order valence-electron chi connectivity index (χ4n) is 1.68. The minimum absolute atomic E-state index is 0.100. The van der Waals surface area contributed by atoms with Crippen molar-refractivity contribution >= 4 is 5.97 Å². The second-order valence-electron chi connectivity index (χ2n) is 4.44. The summed E-state index contributed by atoms with van der Waals surface area (Å²) < 4.78 is 5.25. The SMILES string of the molecule is CCC=C(CCCCCC)C(=O)OCCCC.